The summed E-state index contributed by atoms with van der Waals surface area (Å²) >= 11 is 0. The van der Waals surface area contributed by atoms with E-state index in [-0.39, 0.29) is 6.04 Å². The molecule has 0 aromatic rings. The van der Waals surface area contributed by atoms with E-state index in [1.807, 2.05) is 5.92 Å². The van der Waals surface area contributed by atoms with Gasteiger partial charge >= 0.3 is 5.97 Å². The van der Waals surface area contributed by atoms with Crippen LogP contribution in [-0.4, -0.2) is 36.9 Å². The number of hydrogen-bond donors (Lipinski definition) is 2. The average Bonchev–Trinajstić information content (AvgIpc) is 2.03. The van der Waals surface area contributed by atoms with Crippen LogP contribution in [-0.2, 0) is 9.53 Å². The van der Waals surface area contributed by atoms with Gasteiger partial charge in [-0.3, -0.25) is 5.32 Å². The molecule has 1 unspecified atom stereocenters. The van der Waals surface area contributed by atoms with E-state index in [0.29, 0.717) is 13.2 Å². The predicted octanol–water partition coefficient (Wildman–Crippen LogP) is -0.937. The van der Waals surface area contributed by atoms with Crippen LogP contribution in [0.2, 0.25) is 0 Å². The number of aliphatic carboxylic acids is 1. The maximum absolute atomic E-state index is 10.00. The lowest BCUT2D eigenvalue weighted by Gasteiger charge is -2.18. The largest absolute Gasteiger partial charge is 0.472 e. The van der Waals surface area contributed by atoms with Crippen LogP contribution >= 0.6 is 0 Å². The minimum Gasteiger partial charge on any atom is -0.472 e. The molecule has 60 valence electrons. The summed E-state index contributed by atoms with van der Waals surface area (Å²) in [5.41, 5.74) is 0. The Labute approximate surface area is 64.5 Å². The van der Waals surface area contributed by atoms with Crippen molar-refractivity contribution in [2.75, 3.05) is 19.8 Å². The minimum atomic E-state index is -1.10. The van der Waals surface area contributed by atoms with Crippen LogP contribution in [0.15, 0.2) is 0 Å². The molecule has 0 amide bonds. The highest BCUT2D eigenvalue weighted by Crippen LogP contribution is 1.89. The van der Waals surface area contributed by atoms with E-state index in [1.165, 1.54) is 0 Å². The molecule has 0 saturated carbocycles. The molecule has 1 rings (SSSR count). The van der Waals surface area contributed by atoms with E-state index in [0.717, 1.165) is 6.54 Å². The van der Waals surface area contributed by atoms with Crippen molar-refractivity contribution in [3.05, 3.63) is 0 Å². The molecule has 0 aromatic heterocycles. The predicted molar refractivity (Wildman–Crippen MR) is 38.0 cm³/mol. The van der Waals surface area contributed by atoms with Crippen molar-refractivity contribution in [1.29, 1.82) is 0 Å². The molecule has 4 heteroatoms. The summed E-state index contributed by atoms with van der Waals surface area (Å²) in [4.78, 5) is 10.00. The quantitative estimate of drug-likeness (QED) is 0.443. The summed E-state index contributed by atoms with van der Waals surface area (Å²) in [5, 5.41) is 11.2. The molecule has 1 saturated heterocycles. The number of ether oxygens (including phenoxy) is 1. The van der Waals surface area contributed by atoms with Crippen LogP contribution in [0.4, 0.5) is 0 Å². The molecule has 1 heterocycles. The molecule has 1 aliphatic rings. The molecular formula is C7H9NO3. The zero-order valence-corrected chi connectivity index (χ0v) is 5.96. The zero-order chi connectivity index (χ0) is 8.10. The Morgan fingerprint density at radius 3 is 3.09 bits per heavy atom. The van der Waals surface area contributed by atoms with Gasteiger partial charge in [-0.1, -0.05) is 5.92 Å². The van der Waals surface area contributed by atoms with Crippen LogP contribution < -0.4 is 5.32 Å². The van der Waals surface area contributed by atoms with E-state index in [1.54, 1.807) is 0 Å². The van der Waals surface area contributed by atoms with Crippen LogP contribution in [0.3, 0.4) is 0 Å². The highest BCUT2D eigenvalue weighted by atomic mass is 16.5. The van der Waals surface area contributed by atoms with E-state index >= 15 is 0 Å². The monoisotopic (exact) mass is 155 g/mol. The second kappa shape index (κ2) is 3.96. The maximum Gasteiger partial charge on any atom is 0.381 e. The molecule has 0 spiro atoms. The minimum absolute atomic E-state index is 0.125. The standard InChI is InChI=1S/C7H9NO3/c9-7(10)2-1-6-5-11-4-3-8-6/h6,8H,3-5H2,(H,9,10). The van der Waals surface area contributed by atoms with Gasteiger partial charge in [0.1, 0.15) is 0 Å². The Bertz CT molecular complexity index is 197. The van der Waals surface area contributed by atoms with E-state index in [4.69, 9.17) is 9.84 Å². The maximum atomic E-state index is 10.00. The molecule has 1 fully saturated rings. The van der Waals surface area contributed by atoms with Crippen molar-refractivity contribution in [2.45, 2.75) is 6.04 Å². The molecular weight excluding hydrogens is 146 g/mol. The van der Waals surface area contributed by atoms with Gasteiger partial charge in [-0.05, 0) is 0 Å². The van der Waals surface area contributed by atoms with Crippen molar-refractivity contribution in [2.24, 2.45) is 0 Å². The molecule has 0 radical (unpaired) electrons. The fourth-order valence-electron chi connectivity index (χ4n) is 0.807. The van der Waals surface area contributed by atoms with Gasteiger partial charge in [0.25, 0.3) is 0 Å². The summed E-state index contributed by atoms with van der Waals surface area (Å²) in [7, 11) is 0. The third-order valence-electron chi connectivity index (χ3n) is 1.27. The number of carboxylic acids is 1. The highest BCUT2D eigenvalue weighted by Gasteiger charge is 2.08. The van der Waals surface area contributed by atoms with Gasteiger partial charge in [-0.2, -0.15) is 0 Å². The number of hydrogen-bond acceptors (Lipinski definition) is 3. The second-order valence-electron chi connectivity index (χ2n) is 2.16. The lowest BCUT2D eigenvalue weighted by molar-refractivity contribution is -0.130. The Kier molecular flexibility index (Phi) is 2.90. The van der Waals surface area contributed by atoms with Crippen molar-refractivity contribution in [1.82, 2.24) is 5.32 Å². The summed E-state index contributed by atoms with van der Waals surface area (Å²) in [6.45, 7) is 1.88. The van der Waals surface area contributed by atoms with Gasteiger partial charge in [-0.25, -0.2) is 4.79 Å². The Morgan fingerprint density at radius 2 is 2.55 bits per heavy atom. The first-order chi connectivity index (χ1) is 5.29. The normalized spacial score (nSPS) is 23.5. The van der Waals surface area contributed by atoms with Crippen LogP contribution in [0.5, 0.6) is 0 Å². The third-order valence-corrected chi connectivity index (χ3v) is 1.27. The number of carbonyl (C=O) groups is 1. The Hall–Kier alpha value is -1.05. The molecule has 0 bridgehead atoms. The third kappa shape index (κ3) is 3.03. The van der Waals surface area contributed by atoms with E-state index < -0.39 is 5.97 Å². The Morgan fingerprint density at radius 1 is 1.73 bits per heavy atom. The topological polar surface area (TPSA) is 58.6 Å². The number of carboxylic acid groups (broad SMARTS) is 1. The van der Waals surface area contributed by atoms with Crippen molar-refractivity contribution >= 4 is 5.97 Å². The molecule has 1 aliphatic heterocycles. The highest BCUT2D eigenvalue weighted by molar-refractivity contribution is 5.86. The molecule has 1 atom stereocenters. The second-order valence-corrected chi connectivity index (χ2v) is 2.16. The molecule has 0 aromatic carbocycles. The van der Waals surface area contributed by atoms with Gasteiger partial charge in [0, 0.05) is 12.5 Å². The lowest BCUT2D eigenvalue weighted by Crippen LogP contribution is -2.40. The molecule has 0 aliphatic carbocycles. The number of rotatable bonds is 0. The first kappa shape index (κ1) is 8.05. The smallest absolute Gasteiger partial charge is 0.381 e. The van der Waals surface area contributed by atoms with Gasteiger partial charge in [0.15, 0.2) is 0 Å². The van der Waals surface area contributed by atoms with Crippen LogP contribution in [0.25, 0.3) is 0 Å². The van der Waals surface area contributed by atoms with Gasteiger partial charge in [-0.15, -0.1) is 0 Å². The fraction of sp³-hybridized carbons (Fsp3) is 0.571. The summed E-state index contributed by atoms with van der Waals surface area (Å²) < 4.78 is 5.06. The van der Waals surface area contributed by atoms with E-state index in [2.05, 4.69) is 11.2 Å². The summed E-state index contributed by atoms with van der Waals surface area (Å²) in [6, 6.07) is -0.125. The van der Waals surface area contributed by atoms with Gasteiger partial charge in [0.2, 0.25) is 0 Å². The summed E-state index contributed by atoms with van der Waals surface area (Å²) in [6.07, 6.45) is 0. The first-order valence-corrected chi connectivity index (χ1v) is 3.34. The van der Waals surface area contributed by atoms with Crippen molar-refractivity contribution in [3.63, 3.8) is 0 Å². The average molecular weight is 155 g/mol. The van der Waals surface area contributed by atoms with Crippen LogP contribution in [0, 0.1) is 11.8 Å². The fourth-order valence-corrected chi connectivity index (χ4v) is 0.807. The lowest BCUT2D eigenvalue weighted by atomic mass is 10.3. The number of nitrogens with one attached hydrogen (secondary N) is 1. The van der Waals surface area contributed by atoms with Gasteiger partial charge < -0.3 is 9.84 Å². The molecule has 11 heavy (non-hydrogen) atoms. The van der Waals surface area contributed by atoms with Crippen molar-refractivity contribution in [3.8, 4) is 11.8 Å². The van der Waals surface area contributed by atoms with Crippen molar-refractivity contribution < 1.29 is 14.6 Å². The van der Waals surface area contributed by atoms with Crippen LogP contribution in [0.1, 0.15) is 0 Å². The van der Waals surface area contributed by atoms with E-state index in [9.17, 15) is 4.79 Å². The molecule has 4 nitrogen and oxygen atoms in total. The Balaban J connectivity index is 2.36. The first-order valence-electron chi connectivity index (χ1n) is 3.34. The number of morpholine rings is 1. The zero-order valence-electron chi connectivity index (χ0n) is 5.96. The SMILES string of the molecule is O=C(O)C#CC1COCCN1. The molecule has 2 N–H and O–H groups in total. The van der Waals surface area contributed by atoms with Gasteiger partial charge in [0.05, 0.1) is 19.3 Å². The summed E-state index contributed by atoms with van der Waals surface area (Å²) in [5.74, 6) is 3.48.